The molecule has 0 heterocycles. The Balaban J connectivity index is 4.22. The van der Waals surface area contributed by atoms with Crippen LogP contribution in [0.4, 0.5) is 0 Å². The van der Waals surface area contributed by atoms with Crippen molar-refractivity contribution in [1.82, 2.24) is 10.6 Å². The van der Waals surface area contributed by atoms with Crippen molar-refractivity contribution in [2.24, 2.45) is 0 Å². The standard InChI is InChI=1S/C40H76N2O7/c1-3-5-7-9-11-12-13-14-15-16-17-19-21-25-29-35(49-39(46)32-28-24-18-10-8-6-4-2)30-26-22-20-23-27-31-37(44)41-33-38(45)42-36(34-43)40(47)48/h35-36,43H,3-34H2,1-2H3,(H,41,44)(H,42,45)(H,47,48). The lowest BCUT2D eigenvalue weighted by Gasteiger charge is -2.18. The summed E-state index contributed by atoms with van der Waals surface area (Å²) in [6.45, 7) is 3.47. The molecule has 0 saturated heterocycles. The van der Waals surface area contributed by atoms with Crippen molar-refractivity contribution in [2.45, 2.75) is 219 Å². The van der Waals surface area contributed by atoms with Gasteiger partial charge in [-0.05, 0) is 38.5 Å². The molecular formula is C40H76N2O7. The van der Waals surface area contributed by atoms with Crippen LogP contribution in [0, 0.1) is 0 Å². The molecule has 0 rings (SSSR count). The fraction of sp³-hybridized carbons (Fsp3) is 0.900. The smallest absolute Gasteiger partial charge is 0.328 e. The summed E-state index contributed by atoms with van der Waals surface area (Å²) in [7, 11) is 0. The molecular weight excluding hydrogens is 620 g/mol. The molecule has 0 aliphatic rings. The topological polar surface area (TPSA) is 142 Å². The van der Waals surface area contributed by atoms with Crippen LogP contribution in [-0.4, -0.2) is 59.3 Å². The van der Waals surface area contributed by atoms with Crippen LogP contribution in [0.15, 0.2) is 0 Å². The lowest BCUT2D eigenvalue weighted by Crippen LogP contribution is -2.47. The first-order valence-corrected chi connectivity index (χ1v) is 20.4. The molecule has 9 nitrogen and oxygen atoms in total. The molecule has 2 amide bonds. The summed E-state index contributed by atoms with van der Waals surface area (Å²) in [6, 6.07) is -1.38. The van der Waals surface area contributed by atoms with Gasteiger partial charge in [-0.15, -0.1) is 0 Å². The first-order valence-electron chi connectivity index (χ1n) is 20.4. The number of ether oxygens (including phenoxy) is 1. The van der Waals surface area contributed by atoms with Crippen LogP contribution in [0.1, 0.15) is 206 Å². The predicted octanol–water partition coefficient (Wildman–Crippen LogP) is 9.32. The molecule has 0 spiro atoms. The van der Waals surface area contributed by atoms with Crippen molar-refractivity contribution in [3.8, 4) is 0 Å². The Morgan fingerprint density at radius 2 is 0.918 bits per heavy atom. The molecule has 288 valence electrons. The largest absolute Gasteiger partial charge is 0.480 e. The number of carboxylic acids is 1. The molecule has 0 aliphatic carbocycles. The van der Waals surface area contributed by atoms with E-state index in [2.05, 4.69) is 24.5 Å². The summed E-state index contributed by atoms with van der Waals surface area (Å²) in [5.74, 6) is -2.28. The number of nitrogens with one attached hydrogen (secondary N) is 2. The molecule has 0 bridgehead atoms. The quantitative estimate of drug-likeness (QED) is 0.0375. The van der Waals surface area contributed by atoms with Gasteiger partial charge in [-0.2, -0.15) is 0 Å². The average Bonchev–Trinajstić information content (AvgIpc) is 3.08. The fourth-order valence-corrected chi connectivity index (χ4v) is 6.19. The number of hydrogen-bond donors (Lipinski definition) is 4. The average molecular weight is 697 g/mol. The number of amides is 2. The van der Waals surface area contributed by atoms with Gasteiger partial charge in [0, 0.05) is 12.8 Å². The van der Waals surface area contributed by atoms with Gasteiger partial charge in [-0.25, -0.2) is 4.79 Å². The fourth-order valence-electron chi connectivity index (χ4n) is 6.19. The SMILES string of the molecule is CCCCCCCCCCCCCCCCC(CCCCCCCC(=O)NCC(=O)NC(CO)C(=O)O)OC(=O)CCCCCCCCC. The van der Waals surface area contributed by atoms with Gasteiger partial charge in [0.25, 0.3) is 0 Å². The summed E-state index contributed by atoms with van der Waals surface area (Å²) in [4.78, 5) is 47.3. The molecule has 0 radical (unpaired) electrons. The summed E-state index contributed by atoms with van der Waals surface area (Å²) in [5.41, 5.74) is 0. The molecule has 2 unspecified atom stereocenters. The van der Waals surface area contributed by atoms with Crippen molar-refractivity contribution in [1.29, 1.82) is 0 Å². The highest BCUT2D eigenvalue weighted by Crippen LogP contribution is 2.19. The normalized spacial score (nSPS) is 12.4. The highest BCUT2D eigenvalue weighted by Gasteiger charge is 2.19. The maximum Gasteiger partial charge on any atom is 0.328 e. The Labute approximate surface area is 299 Å². The minimum Gasteiger partial charge on any atom is -0.480 e. The lowest BCUT2D eigenvalue weighted by atomic mass is 10.0. The molecule has 0 saturated carbocycles. The zero-order valence-corrected chi connectivity index (χ0v) is 31.7. The minimum atomic E-state index is -1.38. The van der Waals surface area contributed by atoms with Crippen molar-refractivity contribution in [3.05, 3.63) is 0 Å². The van der Waals surface area contributed by atoms with Crippen LogP contribution in [0.2, 0.25) is 0 Å². The van der Waals surface area contributed by atoms with E-state index in [0.717, 1.165) is 57.8 Å². The maximum absolute atomic E-state index is 12.6. The van der Waals surface area contributed by atoms with Gasteiger partial charge >= 0.3 is 11.9 Å². The summed E-state index contributed by atoms with van der Waals surface area (Å²) in [5, 5.41) is 22.5. The molecule has 2 atom stereocenters. The van der Waals surface area contributed by atoms with Gasteiger partial charge in [0.2, 0.25) is 11.8 Å². The number of aliphatic hydroxyl groups is 1. The maximum atomic E-state index is 12.6. The zero-order valence-electron chi connectivity index (χ0n) is 31.7. The van der Waals surface area contributed by atoms with Crippen LogP contribution in [0.3, 0.4) is 0 Å². The number of carbonyl (C=O) groups excluding carboxylic acids is 3. The van der Waals surface area contributed by atoms with E-state index in [1.807, 2.05) is 0 Å². The molecule has 0 aromatic heterocycles. The number of unbranched alkanes of at least 4 members (excludes halogenated alkanes) is 23. The van der Waals surface area contributed by atoms with Gasteiger partial charge in [-0.1, -0.05) is 155 Å². The summed E-state index contributed by atoms with van der Waals surface area (Å²) < 4.78 is 5.99. The second kappa shape index (κ2) is 35.7. The van der Waals surface area contributed by atoms with Crippen LogP contribution in [0.5, 0.6) is 0 Å². The molecule has 0 aliphatic heterocycles. The molecule has 9 heteroatoms. The highest BCUT2D eigenvalue weighted by molar-refractivity contribution is 5.87. The van der Waals surface area contributed by atoms with Crippen LogP contribution >= 0.6 is 0 Å². The third-order valence-corrected chi connectivity index (χ3v) is 9.35. The molecule has 49 heavy (non-hydrogen) atoms. The van der Waals surface area contributed by atoms with Gasteiger partial charge in [-0.3, -0.25) is 14.4 Å². The molecule has 0 aromatic rings. The Morgan fingerprint density at radius 1 is 0.531 bits per heavy atom. The van der Waals surface area contributed by atoms with E-state index in [4.69, 9.17) is 14.9 Å². The van der Waals surface area contributed by atoms with Gasteiger partial charge in [0.15, 0.2) is 0 Å². The Morgan fingerprint density at radius 3 is 1.33 bits per heavy atom. The Hall–Kier alpha value is -2.16. The molecule has 4 N–H and O–H groups in total. The van der Waals surface area contributed by atoms with E-state index in [0.29, 0.717) is 19.3 Å². The predicted molar refractivity (Wildman–Crippen MR) is 199 cm³/mol. The monoisotopic (exact) mass is 697 g/mol. The number of hydrogen-bond acceptors (Lipinski definition) is 6. The van der Waals surface area contributed by atoms with E-state index >= 15 is 0 Å². The van der Waals surface area contributed by atoms with Gasteiger partial charge in [0.1, 0.15) is 12.1 Å². The minimum absolute atomic E-state index is 0.00198. The lowest BCUT2D eigenvalue weighted by molar-refractivity contribution is -0.150. The van der Waals surface area contributed by atoms with Crippen LogP contribution in [0.25, 0.3) is 0 Å². The summed E-state index contributed by atoms with van der Waals surface area (Å²) >= 11 is 0. The first-order chi connectivity index (χ1) is 23.8. The number of aliphatic hydroxyl groups excluding tert-OH is 1. The third kappa shape index (κ3) is 32.8. The van der Waals surface area contributed by atoms with Crippen molar-refractivity contribution < 1.29 is 34.1 Å². The second-order valence-electron chi connectivity index (χ2n) is 14.1. The third-order valence-electron chi connectivity index (χ3n) is 9.35. The number of carboxylic acid groups (broad SMARTS) is 1. The number of esters is 1. The van der Waals surface area contributed by atoms with E-state index < -0.39 is 24.5 Å². The Bertz CT molecular complexity index is 807. The van der Waals surface area contributed by atoms with Crippen LogP contribution < -0.4 is 10.6 Å². The van der Waals surface area contributed by atoms with E-state index in [1.54, 1.807) is 0 Å². The first kappa shape index (κ1) is 46.8. The van der Waals surface area contributed by atoms with Gasteiger partial charge in [0.05, 0.1) is 13.2 Å². The van der Waals surface area contributed by atoms with Crippen LogP contribution in [-0.2, 0) is 23.9 Å². The van der Waals surface area contributed by atoms with Crippen molar-refractivity contribution in [2.75, 3.05) is 13.2 Å². The number of rotatable bonds is 37. The van der Waals surface area contributed by atoms with E-state index in [-0.39, 0.29) is 24.5 Å². The van der Waals surface area contributed by atoms with E-state index in [1.165, 1.54) is 116 Å². The zero-order chi connectivity index (χ0) is 36.2. The highest BCUT2D eigenvalue weighted by atomic mass is 16.5. The van der Waals surface area contributed by atoms with Crippen molar-refractivity contribution >= 4 is 23.8 Å². The molecule has 0 fully saturated rings. The van der Waals surface area contributed by atoms with Gasteiger partial charge < -0.3 is 25.6 Å². The summed E-state index contributed by atoms with van der Waals surface area (Å²) in [6.07, 6.45) is 34.2. The number of carbonyl (C=O) groups is 4. The number of aliphatic carboxylic acids is 1. The van der Waals surface area contributed by atoms with E-state index in [9.17, 15) is 19.2 Å². The Kier molecular flexibility index (Phi) is 34.1. The second-order valence-corrected chi connectivity index (χ2v) is 14.1. The molecule has 0 aromatic carbocycles. The van der Waals surface area contributed by atoms with Crippen molar-refractivity contribution in [3.63, 3.8) is 0 Å².